The molecule has 31 heavy (non-hydrogen) atoms. The molecule has 8 nitrogen and oxygen atoms in total. The molecule has 0 bridgehead atoms. The van der Waals surface area contributed by atoms with Crippen LogP contribution in [0.25, 0.3) is 0 Å². The Labute approximate surface area is 188 Å². The lowest BCUT2D eigenvalue weighted by Crippen LogP contribution is -2.43. The zero-order chi connectivity index (χ0) is 22.3. The number of rotatable bonds is 5. The van der Waals surface area contributed by atoms with Crippen LogP contribution in [0.15, 0.2) is 30.3 Å². The van der Waals surface area contributed by atoms with Crippen molar-refractivity contribution in [3.8, 4) is 11.5 Å². The summed E-state index contributed by atoms with van der Waals surface area (Å²) in [5.41, 5.74) is 1.01. The molecule has 10 heteroatoms. The highest BCUT2D eigenvalue weighted by atomic mass is 35.5. The van der Waals surface area contributed by atoms with E-state index in [-0.39, 0.29) is 30.1 Å². The molecule has 2 aliphatic heterocycles. The molecule has 0 aliphatic carbocycles. The highest BCUT2D eigenvalue weighted by Gasteiger charge is 2.47. The van der Waals surface area contributed by atoms with Gasteiger partial charge in [-0.05, 0) is 36.8 Å². The first kappa shape index (κ1) is 21.3. The fourth-order valence-electron chi connectivity index (χ4n) is 3.89. The summed E-state index contributed by atoms with van der Waals surface area (Å²) >= 11 is 12.0. The number of esters is 1. The molecule has 2 aromatic carbocycles. The molecule has 2 heterocycles. The van der Waals surface area contributed by atoms with Gasteiger partial charge in [-0.25, -0.2) is 4.79 Å². The fourth-order valence-corrected chi connectivity index (χ4v) is 4.42. The first-order valence-electron chi connectivity index (χ1n) is 9.38. The number of nitrogens with one attached hydrogen (secondary N) is 1. The van der Waals surface area contributed by atoms with E-state index in [1.54, 1.807) is 30.3 Å². The molecule has 4 rings (SSSR count). The molecule has 2 amide bonds. The zero-order valence-corrected chi connectivity index (χ0v) is 18.1. The zero-order valence-electron chi connectivity index (χ0n) is 16.6. The van der Waals surface area contributed by atoms with Gasteiger partial charge < -0.3 is 19.5 Å². The van der Waals surface area contributed by atoms with E-state index in [0.717, 1.165) is 0 Å². The maximum absolute atomic E-state index is 13.0. The topological polar surface area (TPSA) is 94.2 Å². The summed E-state index contributed by atoms with van der Waals surface area (Å²) in [6, 6.07) is 7.05. The third-order valence-electron chi connectivity index (χ3n) is 5.21. The monoisotopic (exact) mass is 464 g/mol. The second-order valence-electron chi connectivity index (χ2n) is 7.03. The largest absolute Gasteiger partial charge is 0.493 e. The Hall–Kier alpha value is -2.97. The summed E-state index contributed by atoms with van der Waals surface area (Å²) in [4.78, 5) is 39.6. The van der Waals surface area contributed by atoms with Crippen molar-refractivity contribution in [2.75, 3.05) is 19.5 Å². The average molecular weight is 465 g/mol. The summed E-state index contributed by atoms with van der Waals surface area (Å²) in [5, 5.41) is 3.45. The maximum Gasteiger partial charge on any atom is 0.344 e. The number of carbonyl (C=O) groups excluding carboxylic acids is 3. The van der Waals surface area contributed by atoms with Crippen molar-refractivity contribution in [2.45, 2.75) is 25.1 Å². The van der Waals surface area contributed by atoms with Crippen LogP contribution in [0.1, 0.15) is 35.0 Å². The number of benzene rings is 2. The summed E-state index contributed by atoms with van der Waals surface area (Å²) in [6.45, 7) is 0. The van der Waals surface area contributed by atoms with Gasteiger partial charge in [0.05, 0.1) is 14.2 Å². The second kappa shape index (κ2) is 8.28. The molecule has 1 fully saturated rings. The number of likely N-dealkylation sites (tertiary alicyclic amines) is 1. The minimum Gasteiger partial charge on any atom is -0.493 e. The van der Waals surface area contributed by atoms with Crippen LogP contribution >= 0.6 is 23.2 Å². The van der Waals surface area contributed by atoms with Gasteiger partial charge in [0, 0.05) is 27.7 Å². The third kappa shape index (κ3) is 3.77. The van der Waals surface area contributed by atoms with Crippen LogP contribution in [0.2, 0.25) is 10.0 Å². The van der Waals surface area contributed by atoms with Crippen LogP contribution in [0, 0.1) is 0 Å². The number of anilines is 1. The highest BCUT2D eigenvalue weighted by molar-refractivity contribution is 6.35. The lowest BCUT2D eigenvalue weighted by Gasteiger charge is -2.29. The number of carbonyl (C=O) groups is 3. The van der Waals surface area contributed by atoms with Crippen LogP contribution in [-0.4, -0.2) is 42.9 Å². The first-order chi connectivity index (χ1) is 14.8. The molecule has 1 unspecified atom stereocenters. The molecule has 2 aromatic rings. The Bertz CT molecular complexity index is 1070. The number of ether oxygens (including phenoxy) is 3. The van der Waals surface area contributed by atoms with Crippen molar-refractivity contribution in [2.24, 2.45) is 0 Å². The summed E-state index contributed by atoms with van der Waals surface area (Å²) in [6.07, 6.45) is -0.628. The van der Waals surface area contributed by atoms with E-state index < -0.39 is 24.1 Å². The smallest absolute Gasteiger partial charge is 0.344 e. The predicted molar refractivity (Wildman–Crippen MR) is 113 cm³/mol. The molecule has 0 aromatic heterocycles. The SMILES string of the molecule is COc1ccc2c(c1OC)C(=O)OC2N1C(=O)CC[C@H]1C(=O)Nc1cc(Cl)cc(Cl)c1. The molecule has 0 spiro atoms. The third-order valence-corrected chi connectivity index (χ3v) is 5.64. The number of fused-ring (bicyclic) bond motifs is 1. The molecule has 162 valence electrons. The van der Waals surface area contributed by atoms with E-state index in [2.05, 4.69) is 5.32 Å². The summed E-state index contributed by atoms with van der Waals surface area (Å²) < 4.78 is 16.1. The van der Waals surface area contributed by atoms with Crippen molar-refractivity contribution in [3.05, 3.63) is 51.5 Å². The average Bonchev–Trinajstić information content (AvgIpc) is 3.26. The number of hydrogen-bond acceptors (Lipinski definition) is 6. The normalized spacial score (nSPS) is 19.8. The first-order valence-corrected chi connectivity index (χ1v) is 10.1. The number of hydrogen-bond donors (Lipinski definition) is 1. The van der Waals surface area contributed by atoms with Crippen LogP contribution in [0.4, 0.5) is 5.69 Å². The molecule has 1 N–H and O–H groups in total. The molecular weight excluding hydrogens is 447 g/mol. The Balaban J connectivity index is 1.65. The van der Waals surface area contributed by atoms with Gasteiger partial charge in [-0.2, -0.15) is 0 Å². The van der Waals surface area contributed by atoms with Gasteiger partial charge in [0.25, 0.3) is 0 Å². The van der Waals surface area contributed by atoms with E-state index in [9.17, 15) is 14.4 Å². The number of amides is 2. The van der Waals surface area contributed by atoms with E-state index in [0.29, 0.717) is 27.0 Å². The number of nitrogens with zero attached hydrogens (tertiary/aromatic N) is 1. The van der Waals surface area contributed by atoms with Crippen molar-refractivity contribution in [1.82, 2.24) is 4.90 Å². The molecule has 2 atom stereocenters. The Morgan fingerprint density at radius 2 is 1.84 bits per heavy atom. The molecular formula is C21H18Cl2N2O6. The second-order valence-corrected chi connectivity index (χ2v) is 7.90. The lowest BCUT2D eigenvalue weighted by molar-refractivity contribution is -0.144. The van der Waals surface area contributed by atoms with Crippen LogP contribution in [-0.2, 0) is 14.3 Å². The summed E-state index contributed by atoms with van der Waals surface area (Å²) in [7, 11) is 2.86. The van der Waals surface area contributed by atoms with E-state index in [4.69, 9.17) is 37.4 Å². The maximum atomic E-state index is 13.0. The van der Waals surface area contributed by atoms with Gasteiger partial charge in [0.15, 0.2) is 11.5 Å². The predicted octanol–water partition coefficient (Wildman–Crippen LogP) is 3.81. The standard InChI is InChI=1S/C21H18Cl2N2O6/c1-29-15-5-3-13-17(18(15)30-2)21(28)31-20(13)25-14(4-6-16(25)26)19(27)24-12-8-10(22)7-11(23)9-12/h3,5,7-9,14,20H,4,6H2,1-2H3,(H,24,27)/t14-,20?/m0/s1. The van der Waals surface area contributed by atoms with E-state index in [1.807, 2.05) is 0 Å². The molecule has 0 radical (unpaired) electrons. The quantitative estimate of drug-likeness (QED) is 0.676. The van der Waals surface area contributed by atoms with Crippen molar-refractivity contribution in [3.63, 3.8) is 0 Å². The minimum atomic E-state index is -1.05. The van der Waals surface area contributed by atoms with Crippen molar-refractivity contribution in [1.29, 1.82) is 0 Å². The van der Waals surface area contributed by atoms with E-state index in [1.165, 1.54) is 19.1 Å². The Kier molecular flexibility index (Phi) is 5.68. The Morgan fingerprint density at radius 1 is 1.13 bits per heavy atom. The van der Waals surface area contributed by atoms with Crippen molar-refractivity contribution >= 4 is 46.7 Å². The lowest BCUT2D eigenvalue weighted by atomic mass is 10.1. The molecule has 0 saturated carbocycles. The van der Waals surface area contributed by atoms with E-state index >= 15 is 0 Å². The molecule has 1 saturated heterocycles. The highest BCUT2D eigenvalue weighted by Crippen LogP contribution is 2.45. The van der Waals surface area contributed by atoms with Crippen molar-refractivity contribution < 1.29 is 28.6 Å². The van der Waals surface area contributed by atoms with Gasteiger partial charge in [-0.1, -0.05) is 23.2 Å². The van der Waals surface area contributed by atoms with Gasteiger partial charge in [0.1, 0.15) is 11.6 Å². The van der Waals surface area contributed by atoms with Gasteiger partial charge >= 0.3 is 5.97 Å². The van der Waals surface area contributed by atoms with Gasteiger partial charge in [-0.15, -0.1) is 0 Å². The number of halogens is 2. The van der Waals surface area contributed by atoms with Crippen LogP contribution < -0.4 is 14.8 Å². The number of methoxy groups -OCH3 is 2. The minimum absolute atomic E-state index is 0.144. The van der Waals surface area contributed by atoms with Crippen LogP contribution in [0.3, 0.4) is 0 Å². The number of cyclic esters (lactones) is 1. The molecule has 2 aliphatic rings. The van der Waals surface area contributed by atoms with Crippen LogP contribution in [0.5, 0.6) is 11.5 Å². The van der Waals surface area contributed by atoms with Gasteiger partial charge in [0.2, 0.25) is 18.0 Å². The fraction of sp³-hybridized carbons (Fsp3) is 0.286. The van der Waals surface area contributed by atoms with Gasteiger partial charge in [-0.3, -0.25) is 14.5 Å². The summed E-state index contributed by atoms with van der Waals surface area (Å²) in [5.74, 6) is -0.817. The Morgan fingerprint density at radius 3 is 2.48 bits per heavy atom.